The Morgan fingerprint density at radius 3 is 2.38 bits per heavy atom. The first-order chi connectivity index (χ1) is 12.3. The number of ether oxygens (including phenoxy) is 1. The highest BCUT2D eigenvalue weighted by atomic mass is 16.6. The molecule has 1 heterocycles. The van der Waals surface area contributed by atoms with Gasteiger partial charge in [0.25, 0.3) is 11.6 Å². The zero-order valence-electron chi connectivity index (χ0n) is 13.8. The molecule has 0 spiro atoms. The van der Waals surface area contributed by atoms with Gasteiger partial charge in [-0.05, 0) is 31.2 Å². The van der Waals surface area contributed by atoms with E-state index in [-0.39, 0.29) is 11.4 Å². The van der Waals surface area contributed by atoms with E-state index in [0.717, 1.165) is 0 Å². The molecule has 0 saturated carbocycles. The summed E-state index contributed by atoms with van der Waals surface area (Å²) in [6.45, 7) is 1.30. The van der Waals surface area contributed by atoms with Crippen molar-refractivity contribution in [1.29, 1.82) is 0 Å². The number of hydrogen-bond acceptors (Lipinski definition) is 7. The van der Waals surface area contributed by atoms with Gasteiger partial charge in [-0.25, -0.2) is 9.59 Å². The first kappa shape index (κ1) is 18.6. The Labute approximate surface area is 147 Å². The van der Waals surface area contributed by atoms with Crippen LogP contribution >= 0.6 is 0 Å². The van der Waals surface area contributed by atoms with Crippen LogP contribution in [0, 0.1) is 10.1 Å². The molecule has 2 aromatic rings. The first-order valence-electron chi connectivity index (χ1n) is 7.40. The maximum atomic E-state index is 12.0. The van der Waals surface area contributed by atoms with Gasteiger partial charge in [-0.15, -0.1) is 0 Å². The molecule has 10 nitrogen and oxygen atoms in total. The second kappa shape index (κ2) is 7.92. The van der Waals surface area contributed by atoms with Crippen molar-refractivity contribution in [3.63, 3.8) is 0 Å². The summed E-state index contributed by atoms with van der Waals surface area (Å²) in [4.78, 5) is 44.9. The van der Waals surface area contributed by atoms with Crippen molar-refractivity contribution >= 4 is 23.6 Å². The van der Waals surface area contributed by atoms with E-state index in [1.54, 1.807) is 0 Å². The number of benzene rings is 1. The van der Waals surface area contributed by atoms with Crippen LogP contribution in [-0.2, 0) is 9.53 Å². The van der Waals surface area contributed by atoms with Crippen LogP contribution in [0.25, 0.3) is 11.3 Å². The fourth-order valence-electron chi connectivity index (χ4n) is 1.90. The predicted molar refractivity (Wildman–Crippen MR) is 88.3 cm³/mol. The predicted octanol–water partition coefficient (Wildman–Crippen LogP) is 1.86. The third-order valence-electron chi connectivity index (χ3n) is 3.29. The van der Waals surface area contributed by atoms with E-state index in [4.69, 9.17) is 9.15 Å². The average molecular weight is 361 g/mol. The minimum atomic E-state index is -1.22. The molecule has 3 amide bonds. The molecule has 10 heteroatoms. The molecule has 136 valence electrons. The molecular formula is C16H15N3O7. The summed E-state index contributed by atoms with van der Waals surface area (Å²) < 4.78 is 10.3. The lowest BCUT2D eigenvalue weighted by atomic mass is 10.1. The number of carbonyl (C=O) groups is 3. The normalized spacial score (nSPS) is 11.3. The van der Waals surface area contributed by atoms with Crippen LogP contribution in [0.15, 0.2) is 40.8 Å². The van der Waals surface area contributed by atoms with E-state index in [0.29, 0.717) is 11.3 Å². The summed E-state index contributed by atoms with van der Waals surface area (Å²) in [6, 6.07) is 7.69. The number of imide groups is 1. The minimum absolute atomic E-state index is 0.0732. The SMILES string of the molecule is CNC(=O)NC(=O)[C@@H](C)OC(=O)c1ccc(-c2ccc([N+](=O)[O-])cc2)o1. The summed E-state index contributed by atoms with van der Waals surface area (Å²) in [5.74, 6) is -1.54. The molecular weight excluding hydrogens is 346 g/mol. The largest absolute Gasteiger partial charge is 0.449 e. The van der Waals surface area contributed by atoms with E-state index in [9.17, 15) is 24.5 Å². The molecule has 0 unspecified atom stereocenters. The summed E-state index contributed by atoms with van der Waals surface area (Å²) in [5.41, 5.74) is 0.455. The van der Waals surface area contributed by atoms with Crippen molar-refractivity contribution in [2.24, 2.45) is 0 Å². The Kier molecular flexibility index (Phi) is 5.68. The van der Waals surface area contributed by atoms with Crippen molar-refractivity contribution in [3.05, 3.63) is 52.3 Å². The van der Waals surface area contributed by atoms with E-state index in [2.05, 4.69) is 5.32 Å². The van der Waals surface area contributed by atoms with Crippen LogP contribution in [0.2, 0.25) is 0 Å². The van der Waals surface area contributed by atoms with Crippen molar-refractivity contribution in [2.45, 2.75) is 13.0 Å². The highest BCUT2D eigenvalue weighted by Gasteiger charge is 2.22. The molecule has 0 radical (unpaired) electrons. The highest BCUT2D eigenvalue weighted by molar-refractivity contribution is 5.98. The quantitative estimate of drug-likeness (QED) is 0.470. The number of nitro groups is 1. The van der Waals surface area contributed by atoms with Crippen molar-refractivity contribution in [3.8, 4) is 11.3 Å². The molecule has 0 aliphatic rings. The van der Waals surface area contributed by atoms with Crippen LogP contribution in [0.1, 0.15) is 17.5 Å². The number of urea groups is 1. The number of nitrogens with zero attached hydrogens (tertiary/aromatic N) is 1. The van der Waals surface area contributed by atoms with Crippen molar-refractivity contribution in [2.75, 3.05) is 7.05 Å². The van der Waals surface area contributed by atoms with Gasteiger partial charge in [0.15, 0.2) is 6.10 Å². The summed E-state index contributed by atoms with van der Waals surface area (Å²) in [7, 11) is 1.34. The number of non-ortho nitro benzene ring substituents is 1. The van der Waals surface area contributed by atoms with Crippen LogP contribution in [-0.4, -0.2) is 36.0 Å². The first-order valence-corrected chi connectivity index (χ1v) is 7.40. The summed E-state index contributed by atoms with van der Waals surface area (Å²) in [6.07, 6.45) is -1.22. The maximum Gasteiger partial charge on any atom is 0.375 e. The van der Waals surface area contributed by atoms with Gasteiger partial charge in [0.05, 0.1) is 4.92 Å². The lowest BCUT2D eigenvalue weighted by Gasteiger charge is -2.11. The Hall–Kier alpha value is -3.69. The number of esters is 1. The number of furan rings is 1. The van der Waals surface area contributed by atoms with Crippen LogP contribution in [0.5, 0.6) is 0 Å². The second-order valence-corrected chi connectivity index (χ2v) is 5.08. The third kappa shape index (κ3) is 4.44. The fourth-order valence-corrected chi connectivity index (χ4v) is 1.90. The van der Waals surface area contributed by atoms with E-state index < -0.39 is 28.9 Å². The molecule has 0 fully saturated rings. The van der Waals surface area contributed by atoms with Gasteiger partial charge in [0.2, 0.25) is 5.76 Å². The summed E-state index contributed by atoms with van der Waals surface area (Å²) >= 11 is 0. The van der Waals surface area contributed by atoms with Gasteiger partial charge < -0.3 is 14.5 Å². The van der Waals surface area contributed by atoms with Crippen LogP contribution in [0.4, 0.5) is 10.5 Å². The summed E-state index contributed by atoms with van der Waals surface area (Å²) in [5, 5.41) is 14.8. The van der Waals surface area contributed by atoms with Crippen molar-refractivity contribution < 1.29 is 28.5 Å². The monoisotopic (exact) mass is 361 g/mol. The van der Waals surface area contributed by atoms with Gasteiger partial charge in [-0.3, -0.25) is 20.2 Å². The highest BCUT2D eigenvalue weighted by Crippen LogP contribution is 2.25. The molecule has 0 aliphatic carbocycles. The van der Waals surface area contributed by atoms with E-state index in [1.165, 1.54) is 50.4 Å². The van der Waals surface area contributed by atoms with Gasteiger partial charge >= 0.3 is 12.0 Å². The zero-order chi connectivity index (χ0) is 19.3. The number of amides is 3. The smallest absolute Gasteiger partial charge is 0.375 e. The number of nitro benzene ring substituents is 1. The zero-order valence-corrected chi connectivity index (χ0v) is 13.8. The number of carbonyl (C=O) groups excluding carboxylic acids is 3. The maximum absolute atomic E-state index is 12.0. The Bertz CT molecular complexity index is 842. The Balaban J connectivity index is 2.04. The number of hydrogen-bond donors (Lipinski definition) is 2. The van der Waals surface area contributed by atoms with E-state index in [1.807, 2.05) is 5.32 Å². The Morgan fingerprint density at radius 2 is 1.81 bits per heavy atom. The fraction of sp³-hybridized carbons (Fsp3) is 0.188. The van der Waals surface area contributed by atoms with Gasteiger partial charge in [-0.1, -0.05) is 0 Å². The van der Waals surface area contributed by atoms with Crippen molar-refractivity contribution in [1.82, 2.24) is 10.6 Å². The Morgan fingerprint density at radius 1 is 1.15 bits per heavy atom. The van der Waals surface area contributed by atoms with Gasteiger partial charge in [0, 0.05) is 24.7 Å². The average Bonchev–Trinajstić information content (AvgIpc) is 3.11. The lowest BCUT2D eigenvalue weighted by Crippen LogP contribution is -2.43. The molecule has 0 saturated heterocycles. The third-order valence-corrected chi connectivity index (χ3v) is 3.29. The van der Waals surface area contributed by atoms with Crippen LogP contribution in [0.3, 0.4) is 0 Å². The molecule has 1 aromatic heterocycles. The van der Waals surface area contributed by atoms with Gasteiger partial charge in [-0.2, -0.15) is 0 Å². The molecule has 0 bridgehead atoms. The molecule has 26 heavy (non-hydrogen) atoms. The lowest BCUT2D eigenvalue weighted by molar-refractivity contribution is -0.384. The molecule has 1 atom stereocenters. The second-order valence-electron chi connectivity index (χ2n) is 5.08. The number of rotatable bonds is 5. The van der Waals surface area contributed by atoms with E-state index >= 15 is 0 Å². The topological polar surface area (TPSA) is 141 Å². The molecule has 1 aromatic carbocycles. The minimum Gasteiger partial charge on any atom is -0.449 e. The standard InChI is InChI=1S/C16H15N3O7/c1-9(14(20)18-16(22)17-2)25-15(21)13-8-7-12(26-13)10-3-5-11(6-4-10)19(23)24/h3-9H,1-2H3,(H2,17,18,20,22)/t9-/m1/s1. The van der Waals surface area contributed by atoms with Gasteiger partial charge in [0.1, 0.15) is 5.76 Å². The molecule has 2 N–H and O–H groups in total. The molecule has 2 rings (SSSR count). The molecule has 0 aliphatic heterocycles. The van der Waals surface area contributed by atoms with Crippen LogP contribution < -0.4 is 10.6 Å². The number of nitrogens with one attached hydrogen (secondary N) is 2.